The maximum atomic E-state index is 11.9. The van der Waals surface area contributed by atoms with E-state index in [1.807, 2.05) is 12.1 Å². The first-order valence-electron chi connectivity index (χ1n) is 6.57. The van der Waals surface area contributed by atoms with Crippen molar-refractivity contribution in [3.05, 3.63) is 33.8 Å². The molecule has 0 radical (unpaired) electrons. The average Bonchev–Trinajstić information content (AvgIpc) is 3.18. The molecule has 2 unspecified atom stereocenters. The van der Waals surface area contributed by atoms with Crippen LogP contribution < -0.4 is 11.1 Å². The predicted molar refractivity (Wildman–Crippen MR) is 78.6 cm³/mol. The normalized spacial score (nSPS) is 21.2. The number of benzene rings is 1. The van der Waals surface area contributed by atoms with Gasteiger partial charge in [0.25, 0.3) is 0 Å². The number of unbranched alkanes of at least 4 members (excludes halogenated alkanes) is 1. The number of nitrogens with two attached hydrogens (primary N) is 1. The van der Waals surface area contributed by atoms with Crippen molar-refractivity contribution in [2.45, 2.75) is 25.2 Å². The molecule has 104 valence electrons. The lowest BCUT2D eigenvalue weighted by molar-refractivity contribution is -0.122. The van der Waals surface area contributed by atoms with E-state index in [1.165, 1.54) is 0 Å². The van der Waals surface area contributed by atoms with Gasteiger partial charge in [-0.3, -0.25) is 4.79 Å². The van der Waals surface area contributed by atoms with E-state index in [-0.39, 0.29) is 17.7 Å². The van der Waals surface area contributed by atoms with Crippen LogP contribution in [0.4, 0.5) is 0 Å². The second-order valence-electron chi connectivity index (χ2n) is 4.88. The van der Waals surface area contributed by atoms with Gasteiger partial charge >= 0.3 is 0 Å². The third-order valence-electron chi connectivity index (χ3n) is 3.44. The quantitative estimate of drug-likeness (QED) is 0.794. The molecule has 0 spiro atoms. The Labute approximate surface area is 123 Å². The van der Waals surface area contributed by atoms with Gasteiger partial charge in [-0.2, -0.15) is 0 Å². The average molecular weight is 301 g/mol. The molecule has 3 N–H and O–H groups in total. The zero-order valence-electron chi connectivity index (χ0n) is 10.7. The van der Waals surface area contributed by atoms with Crippen LogP contribution in [0.25, 0.3) is 0 Å². The highest BCUT2D eigenvalue weighted by Crippen LogP contribution is 2.50. The van der Waals surface area contributed by atoms with Crippen molar-refractivity contribution < 1.29 is 4.79 Å². The molecule has 5 heteroatoms. The maximum absolute atomic E-state index is 11.9. The number of hydrogen-bond donors (Lipinski definition) is 2. The van der Waals surface area contributed by atoms with Gasteiger partial charge in [-0.1, -0.05) is 35.3 Å². The molecule has 1 fully saturated rings. The van der Waals surface area contributed by atoms with Gasteiger partial charge in [-0.05, 0) is 43.4 Å². The molecule has 0 saturated heterocycles. The lowest BCUT2D eigenvalue weighted by atomic mass is 10.1. The first-order valence-corrected chi connectivity index (χ1v) is 7.32. The highest BCUT2D eigenvalue weighted by atomic mass is 35.5. The highest BCUT2D eigenvalue weighted by molar-refractivity contribution is 6.42. The highest BCUT2D eigenvalue weighted by Gasteiger charge is 2.44. The van der Waals surface area contributed by atoms with E-state index >= 15 is 0 Å². The van der Waals surface area contributed by atoms with Crippen LogP contribution in [0.5, 0.6) is 0 Å². The number of carbonyl (C=O) groups is 1. The summed E-state index contributed by atoms with van der Waals surface area (Å²) in [6.45, 7) is 1.36. The van der Waals surface area contributed by atoms with Gasteiger partial charge in [-0.25, -0.2) is 0 Å². The Morgan fingerprint density at radius 1 is 1.37 bits per heavy atom. The Morgan fingerprint density at radius 3 is 2.89 bits per heavy atom. The fraction of sp³-hybridized carbons (Fsp3) is 0.500. The molecule has 0 bridgehead atoms. The second kappa shape index (κ2) is 6.60. The Balaban J connectivity index is 1.86. The van der Waals surface area contributed by atoms with E-state index in [1.54, 1.807) is 6.07 Å². The van der Waals surface area contributed by atoms with Gasteiger partial charge in [0, 0.05) is 12.5 Å². The molecular formula is C14H18Cl2N2O. The van der Waals surface area contributed by atoms with Crippen LogP contribution in [-0.2, 0) is 4.79 Å². The molecule has 19 heavy (non-hydrogen) atoms. The van der Waals surface area contributed by atoms with Crippen LogP contribution in [0.2, 0.25) is 10.0 Å². The first kappa shape index (κ1) is 14.6. The van der Waals surface area contributed by atoms with E-state index in [0.29, 0.717) is 23.1 Å². The largest absolute Gasteiger partial charge is 0.356 e. The minimum Gasteiger partial charge on any atom is -0.356 e. The van der Waals surface area contributed by atoms with Crippen molar-refractivity contribution in [2.24, 2.45) is 11.7 Å². The maximum Gasteiger partial charge on any atom is 0.223 e. The summed E-state index contributed by atoms with van der Waals surface area (Å²) in [5.74, 6) is 0.354. The molecule has 1 aliphatic carbocycles. The van der Waals surface area contributed by atoms with E-state index in [9.17, 15) is 4.79 Å². The monoisotopic (exact) mass is 300 g/mol. The molecule has 1 saturated carbocycles. The molecule has 1 aromatic rings. The van der Waals surface area contributed by atoms with E-state index in [4.69, 9.17) is 28.9 Å². The van der Waals surface area contributed by atoms with Crippen LogP contribution in [0, 0.1) is 5.92 Å². The Morgan fingerprint density at radius 2 is 2.16 bits per heavy atom. The number of amides is 1. The van der Waals surface area contributed by atoms with Crippen molar-refractivity contribution in [1.29, 1.82) is 0 Å². The number of rotatable bonds is 6. The molecule has 2 rings (SSSR count). The molecule has 2 atom stereocenters. The Bertz CT molecular complexity index is 465. The fourth-order valence-corrected chi connectivity index (χ4v) is 2.70. The summed E-state index contributed by atoms with van der Waals surface area (Å²) in [5, 5.41) is 4.07. The molecule has 3 nitrogen and oxygen atoms in total. The molecule has 0 aliphatic heterocycles. The van der Waals surface area contributed by atoms with Gasteiger partial charge < -0.3 is 11.1 Å². The summed E-state index contributed by atoms with van der Waals surface area (Å²) in [7, 11) is 0. The van der Waals surface area contributed by atoms with Gasteiger partial charge in [0.1, 0.15) is 0 Å². The summed E-state index contributed by atoms with van der Waals surface area (Å²) in [5.41, 5.74) is 6.39. The van der Waals surface area contributed by atoms with Gasteiger partial charge in [0.2, 0.25) is 5.91 Å². The Hall–Kier alpha value is -0.770. The molecule has 1 aromatic carbocycles. The van der Waals surface area contributed by atoms with Crippen molar-refractivity contribution in [3.63, 3.8) is 0 Å². The third kappa shape index (κ3) is 3.62. The van der Waals surface area contributed by atoms with Gasteiger partial charge in [0.15, 0.2) is 0 Å². The van der Waals surface area contributed by atoms with Crippen molar-refractivity contribution in [1.82, 2.24) is 5.32 Å². The zero-order valence-corrected chi connectivity index (χ0v) is 12.2. The topological polar surface area (TPSA) is 55.1 Å². The van der Waals surface area contributed by atoms with Crippen LogP contribution in [-0.4, -0.2) is 19.0 Å². The molecule has 0 heterocycles. The Kier molecular flexibility index (Phi) is 5.08. The van der Waals surface area contributed by atoms with Crippen molar-refractivity contribution >= 4 is 29.1 Å². The molecule has 0 aromatic heterocycles. The third-order valence-corrected chi connectivity index (χ3v) is 4.27. The van der Waals surface area contributed by atoms with Gasteiger partial charge in [-0.15, -0.1) is 0 Å². The minimum atomic E-state index is 0.0360. The van der Waals surface area contributed by atoms with Crippen LogP contribution >= 0.6 is 23.2 Å². The molecule has 1 amide bonds. The minimum absolute atomic E-state index is 0.0360. The molecular weight excluding hydrogens is 283 g/mol. The van der Waals surface area contributed by atoms with Crippen LogP contribution in [0.15, 0.2) is 18.2 Å². The van der Waals surface area contributed by atoms with E-state index < -0.39 is 0 Å². The smallest absolute Gasteiger partial charge is 0.223 e. The lowest BCUT2D eigenvalue weighted by Crippen LogP contribution is -2.26. The first-order chi connectivity index (χ1) is 9.15. The summed E-state index contributed by atoms with van der Waals surface area (Å²) in [4.78, 5) is 11.9. The summed E-state index contributed by atoms with van der Waals surface area (Å²) >= 11 is 12.2. The second-order valence-corrected chi connectivity index (χ2v) is 5.66. The zero-order chi connectivity index (χ0) is 13.8. The van der Waals surface area contributed by atoms with Crippen molar-refractivity contribution in [3.8, 4) is 0 Å². The predicted octanol–water partition coefficient (Wildman–Crippen LogP) is 2.95. The van der Waals surface area contributed by atoms with Crippen molar-refractivity contribution in [2.75, 3.05) is 13.1 Å². The lowest BCUT2D eigenvalue weighted by Gasteiger charge is -2.06. The van der Waals surface area contributed by atoms with Gasteiger partial charge in [0.05, 0.1) is 10.0 Å². The fourth-order valence-electron chi connectivity index (χ4n) is 2.25. The van der Waals surface area contributed by atoms with E-state index in [0.717, 1.165) is 24.8 Å². The SMILES string of the molecule is NCCCCNC(=O)C1CC1c1cccc(Cl)c1Cl. The standard InChI is InChI=1S/C14H18Cl2N2O/c15-12-5-3-4-9(13(12)16)10-8-11(10)14(19)18-7-2-1-6-17/h3-5,10-11H,1-2,6-8,17H2,(H,18,19). The van der Waals surface area contributed by atoms with Crippen LogP contribution in [0.3, 0.4) is 0 Å². The summed E-state index contributed by atoms with van der Waals surface area (Å²) in [6.07, 6.45) is 2.72. The summed E-state index contributed by atoms with van der Waals surface area (Å²) in [6, 6.07) is 5.58. The van der Waals surface area contributed by atoms with E-state index in [2.05, 4.69) is 5.32 Å². The number of carbonyl (C=O) groups excluding carboxylic acids is 1. The number of halogens is 2. The van der Waals surface area contributed by atoms with Crippen LogP contribution in [0.1, 0.15) is 30.7 Å². The molecule has 1 aliphatic rings. The summed E-state index contributed by atoms with van der Waals surface area (Å²) < 4.78 is 0. The number of hydrogen-bond acceptors (Lipinski definition) is 2. The number of nitrogens with one attached hydrogen (secondary N) is 1.